The number of hydrogen-bond donors (Lipinski definition) is 2. The van der Waals surface area contributed by atoms with Gasteiger partial charge < -0.3 is 10.2 Å². The molecule has 3 rings (SSSR count). The molecule has 0 aromatic heterocycles. The van der Waals surface area contributed by atoms with Crippen molar-refractivity contribution >= 4 is 12.0 Å². The second-order valence-corrected chi connectivity index (χ2v) is 5.24. The van der Waals surface area contributed by atoms with E-state index in [1.165, 1.54) is 5.56 Å². The summed E-state index contributed by atoms with van der Waals surface area (Å²) in [6.45, 7) is 1.64. The van der Waals surface area contributed by atoms with Gasteiger partial charge in [-0.1, -0.05) is 36.4 Å². The van der Waals surface area contributed by atoms with E-state index in [1.807, 2.05) is 30.4 Å². The summed E-state index contributed by atoms with van der Waals surface area (Å²) in [6.07, 6.45) is 3.91. The quantitative estimate of drug-likeness (QED) is 0.855. The van der Waals surface area contributed by atoms with Crippen LogP contribution in [0.1, 0.15) is 30.4 Å². The highest BCUT2D eigenvalue weighted by atomic mass is 16.4. The lowest BCUT2D eigenvalue weighted by Gasteiger charge is -2.20. The smallest absolute Gasteiger partial charge is 0.310 e. The summed E-state index contributed by atoms with van der Waals surface area (Å²) < 4.78 is 0. The van der Waals surface area contributed by atoms with Crippen molar-refractivity contribution in [2.24, 2.45) is 5.92 Å². The number of benzene rings is 1. The van der Waals surface area contributed by atoms with E-state index in [-0.39, 0.29) is 5.92 Å². The molecule has 1 aromatic rings. The molecule has 3 heteroatoms. The predicted molar refractivity (Wildman–Crippen MR) is 72.7 cm³/mol. The van der Waals surface area contributed by atoms with Crippen molar-refractivity contribution in [3.8, 4) is 0 Å². The Bertz CT molecular complexity index is 598. The molecule has 0 bridgehead atoms. The van der Waals surface area contributed by atoms with Gasteiger partial charge in [-0.2, -0.15) is 0 Å². The molecule has 0 aliphatic heterocycles. The molecule has 0 saturated heterocycles. The van der Waals surface area contributed by atoms with E-state index in [1.54, 1.807) is 6.92 Å². The average Bonchev–Trinajstić information content (AvgIpc) is 2.74. The first-order valence-electron chi connectivity index (χ1n) is 6.51. The Labute approximate surface area is 111 Å². The molecule has 0 amide bonds. The summed E-state index contributed by atoms with van der Waals surface area (Å²) in [6, 6.07) is 8.09. The average molecular weight is 256 g/mol. The first kappa shape index (κ1) is 12.2. The van der Waals surface area contributed by atoms with Crippen LogP contribution >= 0.6 is 0 Å². The molecule has 3 atom stereocenters. The van der Waals surface area contributed by atoms with Gasteiger partial charge in [-0.15, -0.1) is 0 Å². The Morgan fingerprint density at radius 1 is 1.32 bits per heavy atom. The second-order valence-electron chi connectivity index (χ2n) is 5.24. The summed E-state index contributed by atoms with van der Waals surface area (Å²) in [5.74, 6) is -1.38. The zero-order chi connectivity index (χ0) is 13.6. The zero-order valence-corrected chi connectivity index (χ0v) is 10.7. The van der Waals surface area contributed by atoms with Gasteiger partial charge in [-0.05, 0) is 35.6 Å². The summed E-state index contributed by atoms with van der Waals surface area (Å²) >= 11 is 0. The van der Waals surface area contributed by atoms with E-state index in [0.717, 1.165) is 11.1 Å². The maximum atomic E-state index is 11.2. The third kappa shape index (κ3) is 1.81. The number of carboxylic acid groups (broad SMARTS) is 1. The number of aliphatic hydroxyl groups excluding tert-OH is 1. The molecule has 0 saturated carbocycles. The molecule has 2 N–H and O–H groups in total. The largest absolute Gasteiger partial charge is 0.481 e. The fraction of sp³-hybridized carbons (Fsp3) is 0.312. The Balaban J connectivity index is 2.11. The van der Waals surface area contributed by atoms with Crippen LogP contribution in [0.25, 0.3) is 6.08 Å². The van der Waals surface area contributed by atoms with E-state index in [2.05, 4.69) is 6.07 Å². The van der Waals surface area contributed by atoms with Gasteiger partial charge in [0.2, 0.25) is 0 Å². The van der Waals surface area contributed by atoms with Crippen molar-refractivity contribution in [3.05, 3.63) is 52.6 Å². The van der Waals surface area contributed by atoms with Gasteiger partial charge >= 0.3 is 5.97 Å². The lowest BCUT2D eigenvalue weighted by molar-refractivity contribution is -0.140. The lowest BCUT2D eigenvalue weighted by Crippen LogP contribution is -2.19. The van der Waals surface area contributed by atoms with E-state index < -0.39 is 18.0 Å². The highest BCUT2D eigenvalue weighted by Gasteiger charge is 2.38. The van der Waals surface area contributed by atoms with Gasteiger partial charge in [0.05, 0.1) is 12.0 Å². The van der Waals surface area contributed by atoms with Crippen LogP contribution in [0.3, 0.4) is 0 Å². The number of fused-ring (bicyclic) bond motifs is 3. The highest BCUT2D eigenvalue weighted by Crippen LogP contribution is 2.46. The molecular weight excluding hydrogens is 240 g/mol. The van der Waals surface area contributed by atoms with Crippen LogP contribution in [0.2, 0.25) is 0 Å². The van der Waals surface area contributed by atoms with E-state index in [9.17, 15) is 15.0 Å². The van der Waals surface area contributed by atoms with Crippen LogP contribution in [-0.2, 0) is 4.79 Å². The van der Waals surface area contributed by atoms with Gasteiger partial charge in [0.15, 0.2) is 0 Å². The first-order chi connectivity index (χ1) is 9.09. The summed E-state index contributed by atoms with van der Waals surface area (Å²) in [5.41, 5.74) is 4.00. The molecule has 2 aliphatic carbocycles. The van der Waals surface area contributed by atoms with E-state index >= 15 is 0 Å². The molecule has 3 unspecified atom stereocenters. The molecule has 0 fully saturated rings. The van der Waals surface area contributed by atoms with Crippen LogP contribution in [0.5, 0.6) is 0 Å². The Hall–Kier alpha value is -1.87. The molecule has 0 heterocycles. The number of rotatable bonds is 2. The number of aliphatic carboxylic acids is 1. The molecule has 2 aliphatic rings. The minimum Gasteiger partial charge on any atom is -0.481 e. The summed E-state index contributed by atoms with van der Waals surface area (Å²) in [7, 11) is 0. The van der Waals surface area contributed by atoms with E-state index in [0.29, 0.717) is 12.0 Å². The summed E-state index contributed by atoms with van der Waals surface area (Å²) in [5, 5.41) is 19.4. The number of aliphatic hydroxyl groups is 1. The zero-order valence-electron chi connectivity index (χ0n) is 10.7. The molecule has 1 aromatic carbocycles. The Morgan fingerprint density at radius 2 is 2.05 bits per heavy atom. The monoisotopic (exact) mass is 256 g/mol. The second kappa shape index (κ2) is 4.35. The van der Waals surface area contributed by atoms with Crippen molar-refractivity contribution < 1.29 is 15.0 Å². The Kier molecular flexibility index (Phi) is 2.79. The van der Waals surface area contributed by atoms with Gasteiger partial charge in [0.1, 0.15) is 0 Å². The van der Waals surface area contributed by atoms with Crippen molar-refractivity contribution in [2.75, 3.05) is 0 Å². The van der Waals surface area contributed by atoms with Crippen LogP contribution in [-0.4, -0.2) is 22.3 Å². The number of carboxylic acids is 1. The van der Waals surface area contributed by atoms with Gasteiger partial charge in [-0.3, -0.25) is 4.79 Å². The molecular formula is C16H16O3. The third-order valence-corrected chi connectivity index (χ3v) is 4.18. The standard InChI is InChI=1S/C16H16O3/c1-9(16(18)19)15-12-7-6-10-4-2-3-5-11(10)13(12)8-14(15)17/h2-7,9,13-14,17H,8H2,1H3,(H,18,19). The first-order valence-corrected chi connectivity index (χ1v) is 6.51. The van der Waals surface area contributed by atoms with Crippen LogP contribution in [0.4, 0.5) is 0 Å². The van der Waals surface area contributed by atoms with Crippen LogP contribution in [0, 0.1) is 5.92 Å². The van der Waals surface area contributed by atoms with Gasteiger partial charge in [0.25, 0.3) is 0 Å². The lowest BCUT2D eigenvalue weighted by atomic mass is 9.83. The third-order valence-electron chi connectivity index (χ3n) is 4.18. The predicted octanol–water partition coefficient (Wildman–Crippen LogP) is 2.58. The summed E-state index contributed by atoms with van der Waals surface area (Å²) in [4.78, 5) is 11.2. The molecule has 19 heavy (non-hydrogen) atoms. The van der Waals surface area contributed by atoms with Crippen molar-refractivity contribution in [1.82, 2.24) is 0 Å². The fourth-order valence-electron chi connectivity index (χ4n) is 3.21. The maximum Gasteiger partial charge on any atom is 0.310 e. The minimum absolute atomic E-state index is 0.132. The molecule has 3 nitrogen and oxygen atoms in total. The molecule has 0 spiro atoms. The molecule has 98 valence electrons. The van der Waals surface area contributed by atoms with Crippen LogP contribution in [0.15, 0.2) is 41.5 Å². The maximum absolute atomic E-state index is 11.2. The number of hydrogen-bond acceptors (Lipinski definition) is 2. The van der Waals surface area contributed by atoms with Crippen LogP contribution < -0.4 is 0 Å². The molecule has 0 radical (unpaired) electrons. The SMILES string of the molecule is CC(C(=O)O)C1=C2C=Cc3ccccc3C2CC1O. The Morgan fingerprint density at radius 3 is 2.79 bits per heavy atom. The van der Waals surface area contributed by atoms with Gasteiger partial charge in [-0.25, -0.2) is 0 Å². The minimum atomic E-state index is -0.880. The van der Waals surface area contributed by atoms with Crippen molar-refractivity contribution in [1.29, 1.82) is 0 Å². The number of allylic oxidation sites excluding steroid dienone is 2. The topological polar surface area (TPSA) is 57.5 Å². The van der Waals surface area contributed by atoms with Gasteiger partial charge in [0, 0.05) is 5.92 Å². The highest BCUT2D eigenvalue weighted by molar-refractivity contribution is 5.76. The fourth-order valence-corrected chi connectivity index (χ4v) is 3.21. The van der Waals surface area contributed by atoms with Crippen molar-refractivity contribution in [3.63, 3.8) is 0 Å². The normalized spacial score (nSPS) is 26.0. The van der Waals surface area contributed by atoms with Crippen molar-refractivity contribution in [2.45, 2.75) is 25.4 Å². The van der Waals surface area contributed by atoms with E-state index in [4.69, 9.17) is 0 Å². The number of carbonyl (C=O) groups is 1.